The minimum absolute atomic E-state index is 0.187. The Balaban J connectivity index is 2.75. The van der Waals surface area contributed by atoms with Crippen LogP contribution in [0.2, 0.25) is 0 Å². The molecule has 0 saturated carbocycles. The molecule has 0 fully saturated rings. The van der Waals surface area contributed by atoms with Crippen LogP contribution in [-0.2, 0) is 11.2 Å². The molecule has 0 aliphatic heterocycles. The van der Waals surface area contributed by atoms with E-state index in [-0.39, 0.29) is 12.5 Å². The molecule has 0 amide bonds. The number of halogens is 3. The summed E-state index contributed by atoms with van der Waals surface area (Å²) in [6, 6.07) is 0. The fraction of sp³-hybridized carbons (Fsp3) is 0.667. The first-order valence-corrected chi connectivity index (χ1v) is 6.85. The largest absolute Gasteiger partial charge is 0.375 e. The van der Waals surface area contributed by atoms with Crippen LogP contribution in [0.15, 0.2) is 4.47 Å². The van der Waals surface area contributed by atoms with Gasteiger partial charge in [-0.25, -0.2) is 18.7 Å². The van der Waals surface area contributed by atoms with Crippen LogP contribution in [0.1, 0.15) is 31.3 Å². The Morgan fingerprint density at radius 2 is 2.00 bits per heavy atom. The normalized spacial score (nSPS) is 11.4. The smallest absolute Gasteiger partial charge is 0.261 e. The molecule has 7 heteroatoms. The lowest BCUT2D eigenvalue weighted by Crippen LogP contribution is -2.11. The summed E-state index contributed by atoms with van der Waals surface area (Å²) >= 11 is 3.46. The van der Waals surface area contributed by atoms with Gasteiger partial charge < -0.3 is 10.1 Å². The Kier molecular flexibility index (Phi) is 6.57. The molecular formula is C12H18BrF2N3O. The van der Waals surface area contributed by atoms with Crippen molar-refractivity contribution in [3.8, 4) is 0 Å². The first-order valence-electron chi connectivity index (χ1n) is 6.05. The van der Waals surface area contributed by atoms with E-state index in [0.29, 0.717) is 18.1 Å². The zero-order chi connectivity index (χ0) is 14.4. The van der Waals surface area contributed by atoms with Crippen LogP contribution < -0.4 is 5.32 Å². The molecule has 0 aromatic carbocycles. The minimum Gasteiger partial charge on any atom is -0.375 e. The lowest BCUT2D eigenvalue weighted by molar-refractivity contribution is 0.0183. The predicted octanol–water partition coefficient (Wildman–Crippen LogP) is 3.23. The number of aromatic nitrogens is 2. The molecule has 1 rings (SSSR count). The molecule has 1 heterocycles. The minimum atomic E-state index is -2.44. The van der Waals surface area contributed by atoms with Crippen LogP contribution in [0.25, 0.3) is 0 Å². The molecule has 0 spiro atoms. The molecular weight excluding hydrogens is 320 g/mol. The summed E-state index contributed by atoms with van der Waals surface area (Å²) in [5.41, 5.74) is 0.892. The van der Waals surface area contributed by atoms with Crippen LogP contribution in [0, 0.1) is 0 Å². The standard InChI is InChI=1S/C12H18BrF2N3O/c1-7(2)11-10(13)12(16-3)18-9(17-11)4-5-19-6-8(14)15/h7-8H,4-6H2,1-3H3,(H,16,17,18). The molecule has 0 radical (unpaired) electrons. The summed E-state index contributed by atoms with van der Waals surface area (Å²) in [5.74, 6) is 1.53. The third-order valence-corrected chi connectivity index (χ3v) is 3.20. The van der Waals surface area contributed by atoms with Crippen LogP contribution in [0.4, 0.5) is 14.6 Å². The molecule has 0 aliphatic rings. The van der Waals surface area contributed by atoms with Crippen molar-refractivity contribution in [2.24, 2.45) is 0 Å². The topological polar surface area (TPSA) is 47.0 Å². The zero-order valence-corrected chi connectivity index (χ0v) is 12.8. The average molecular weight is 338 g/mol. The van der Waals surface area contributed by atoms with Crippen molar-refractivity contribution in [1.29, 1.82) is 0 Å². The Labute approximate surface area is 120 Å². The van der Waals surface area contributed by atoms with Gasteiger partial charge in [0.1, 0.15) is 18.2 Å². The van der Waals surface area contributed by atoms with Crippen molar-refractivity contribution in [2.75, 3.05) is 25.6 Å². The van der Waals surface area contributed by atoms with Gasteiger partial charge in [0, 0.05) is 13.5 Å². The lowest BCUT2D eigenvalue weighted by Gasteiger charge is -2.13. The summed E-state index contributed by atoms with van der Waals surface area (Å²) in [6.45, 7) is 3.70. The number of hydrogen-bond donors (Lipinski definition) is 1. The monoisotopic (exact) mass is 337 g/mol. The second kappa shape index (κ2) is 7.69. The van der Waals surface area contributed by atoms with E-state index in [1.54, 1.807) is 7.05 Å². The average Bonchev–Trinajstić information content (AvgIpc) is 2.35. The van der Waals surface area contributed by atoms with Gasteiger partial charge in [0.05, 0.1) is 16.8 Å². The molecule has 19 heavy (non-hydrogen) atoms. The van der Waals surface area contributed by atoms with Gasteiger partial charge in [-0.05, 0) is 21.8 Å². The van der Waals surface area contributed by atoms with Crippen molar-refractivity contribution < 1.29 is 13.5 Å². The summed E-state index contributed by atoms with van der Waals surface area (Å²) in [4.78, 5) is 8.75. The molecule has 0 unspecified atom stereocenters. The van der Waals surface area contributed by atoms with E-state index >= 15 is 0 Å². The van der Waals surface area contributed by atoms with E-state index < -0.39 is 13.0 Å². The quantitative estimate of drug-likeness (QED) is 0.776. The molecule has 4 nitrogen and oxygen atoms in total. The second-order valence-electron chi connectivity index (χ2n) is 4.31. The fourth-order valence-corrected chi connectivity index (χ4v) is 2.34. The van der Waals surface area contributed by atoms with Gasteiger partial charge in [0.2, 0.25) is 0 Å². The van der Waals surface area contributed by atoms with E-state index in [4.69, 9.17) is 4.74 Å². The van der Waals surface area contributed by atoms with Crippen LogP contribution in [0.5, 0.6) is 0 Å². The molecule has 0 aliphatic carbocycles. The number of anilines is 1. The number of hydrogen-bond acceptors (Lipinski definition) is 4. The van der Waals surface area contributed by atoms with Crippen molar-refractivity contribution in [2.45, 2.75) is 32.6 Å². The Morgan fingerprint density at radius 1 is 1.32 bits per heavy atom. The van der Waals surface area contributed by atoms with Gasteiger partial charge in [0.25, 0.3) is 6.43 Å². The van der Waals surface area contributed by atoms with Crippen molar-refractivity contribution in [3.05, 3.63) is 16.0 Å². The van der Waals surface area contributed by atoms with Crippen molar-refractivity contribution in [3.63, 3.8) is 0 Å². The van der Waals surface area contributed by atoms with Crippen LogP contribution >= 0.6 is 15.9 Å². The van der Waals surface area contributed by atoms with Crippen molar-refractivity contribution in [1.82, 2.24) is 9.97 Å². The Morgan fingerprint density at radius 3 is 2.53 bits per heavy atom. The summed E-state index contributed by atoms with van der Waals surface area (Å²) in [5, 5.41) is 2.98. The van der Waals surface area contributed by atoms with Crippen LogP contribution in [0.3, 0.4) is 0 Å². The Hall–Kier alpha value is -0.820. The van der Waals surface area contributed by atoms with E-state index in [1.807, 2.05) is 13.8 Å². The first kappa shape index (κ1) is 16.2. The number of nitrogens with one attached hydrogen (secondary N) is 1. The maximum Gasteiger partial charge on any atom is 0.261 e. The van der Waals surface area contributed by atoms with E-state index in [1.165, 1.54) is 0 Å². The third-order valence-electron chi connectivity index (χ3n) is 2.42. The van der Waals surface area contributed by atoms with E-state index in [9.17, 15) is 8.78 Å². The van der Waals surface area contributed by atoms with Gasteiger partial charge in [-0.15, -0.1) is 0 Å². The highest BCUT2D eigenvalue weighted by atomic mass is 79.9. The van der Waals surface area contributed by atoms with Gasteiger partial charge in [-0.1, -0.05) is 13.8 Å². The maximum atomic E-state index is 11.9. The van der Waals surface area contributed by atoms with E-state index in [2.05, 4.69) is 31.2 Å². The summed E-state index contributed by atoms with van der Waals surface area (Å²) < 4.78 is 29.5. The first-order chi connectivity index (χ1) is 8.95. The molecule has 0 atom stereocenters. The highest BCUT2D eigenvalue weighted by Crippen LogP contribution is 2.28. The molecule has 0 bridgehead atoms. The van der Waals surface area contributed by atoms with Gasteiger partial charge in [0.15, 0.2) is 0 Å². The van der Waals surface area contributed by atoms with Crippen molar-refractivity contribution >= 4 is 21.7 Å². The third kappa shape index (κ3) is 4.99. The van der Waals surface area contributed by atoms with E-state index in [0.717, 1.165) is 10.2 Å². The molecule has 1 aromatic heterocycles. The highest BCUT2D eigenvalue weighted by Gasteiger charge is 2.14. The molecule has 1 aromatic rings. The number of nitrogens with zero attached hydrogens (tertiary/aromatic N) is 2. The number of ether oxygens (including phenoxy) is 1. The highest BCUT2D eigenvalue weighted by molar-refractivity contribution is 9.10. The van der Waals surface area contributed by atoms with Gasteiger partial charge in [-0.3, -0.25) is 0 Å². The molecule has 108 valence electrons. The Bertz CT molecular complexity index is 416. The number of alkyl halides is 2. The van der Waals surface area contributed by atoms with Crippen LogP contribution in [-0.4, -0.2) is 36.7 Å². The molecule has 1 N–H and O–H groups in total. The molecule has 0 saturated heterocycles. The second-order valence-corrected chi connectivity index (χ2v) is 5.10. The SMILES string of the molecule is CNc1nc(CCOCC(F)F)nc(C(C)C)c1Br. The van der Waals surface area contributed by atoms with Gasteiger partial charge in [-0.2, -0.15) is 0 Å². The predicted molar refractivity (Wildman–Crippen MR) is 73.9 cm³/mol. The number of rotatable bonds is 7. The summed E-state index contributed by atoms with van der Waals surface area (Å²) in [7, 11) is 1.77. The zero-order valence-electron chi connectivity index (χ0n) is 11.2. The lowest BCUT2D eigenvalue weighted by atomic mass is 10.1. The van der Waals surface area contributed by atoms with Gasteiger partial charge >= 0.3 is 0 Å². The summed E-state index contributed by atoms with van der Waals surface area (Å²) in [6.07, 6.45) is -2.03. The fourth-order valence-electron chi connectivity index (χ4n) is 1.51. The maximum absolute atomic E-state index is 11.9.